The predicted molar refractivity (Wildman–Crippen MR) is 119 cm³/mol. The fourth-order valence-corrected chi connectivity index (χ4v) is 5.52. The molecule has 2 aliphatic heterocycles. The van der Waals surface area contributed by atoms with Crippen molar-refractivity contribution in [2.45, 2.75) is 0 Å². The summed E-state index contributed by atoms with van der Waals surface area (Å²) in [5, 5.41) is 17.9. The number of aliphatic hydroxyl groups excluding tert-OH is 2. The van der Waals surface area contributed by atoms with Gasteiger partial charge in [0.05, 0.1) is 37.9 Å². The molecule has 0 amide bonds. The van der Waals surface area contributed by atoms with Crippen molar-refractivity contribution in [1.29, 1.82) is 0 Å². The zero-order valence-electron chi connectivity index (χ0n) is 18.7. The van der Waals surface area contributed by atoms with Gasteiger partial charge in [-0.25, -0.2) is 0 Å². The minimum absolute atomic E-state index is 0.114. The second-order valence-corrected chi connectivity index (χ2v) is 11.5. The van der Waals surface area contributed by atoms with E-state index in [0.29, 0.717) is 26.2 Å². The summed E-state index contributed by atoms with van der Waals surface area (Å²) in [4.78, 5) is 8.30. The highest BCUT2D eigenvalue weighted by Gasteiger charge is 2.21. The van der Waals surface area contributed by atoms with Gasteiger partial charge in [0.15, 0.2) is 0 Å². The molecule has 2 rings (SSSR count). The number of hydrogen-bond acceptors (Lipinski definition) is 12. The van der Waals surface area contributed by atoms with Crippen LogP contribution in [0.2, 0.25) is 0 Å². The summed E-state index contributed by atoms with van der Waals surface area (Å²) < 4.78 is 57.9. The van der Waals surface area contributed by atoms with Crippen LogP contribution < -0.4 is 0 Å². The SMILES string of the molecule is O=S(=O)(CCN1CCN(CCO)CC1)OCCOS(=O)(=O)CCN1CCN(CCO)CC1. The molecule has 0 bridgehead atoms. The molecular formula is C18H38N4O8S2. The number of nitrogens with zero attached hydrogens (tertiary/aromatic N) is 4. The largest absolute Gasteiger partial charge is 0.395 e. The highest BCUT2D eigenvalue weighted by atomic mass is 32.2. The first-order valence-corrected chi connectivity index (χ1v) is 14.2. The van der Waals surface area contributed by atoms with E-state index in [9.17, 15) is 16.8 Å². The molecule has 2 fully saturated rings. The molecule has 0 aromatic heterocycles. The van der Waals surface area contributed by atoms with Crippen molar-refractivity contribution in [2.24, 2.45) is 0 Å². The molecular weight excluding hydrogens is 464 g/mol. The first kappa shape index (κ1) is 27.8. The van der Waals surface area contributed by atoms with Crippen LogP contribution in [-0.2, 0) is 28.6 Å². The van der Waals surface area contributed by atoms with Crippen molar-refractivity contribution >= 4 is 20.2 Å². The average Bonchev–Trinajstić information content (AvgIpc) is 2.76. The molecule has 0 aromatic rings. The molecule has 0 radical (unpaired) electrons. The molecule has 32 heavy (non-hydrogen) atoms. The molecule has 190 valence electrons. The quantitative estimate of drug-likeness (QED) is 0.173. The van der Waals surface area contributed by atoms with E-state index in [1.807, 2.05) is 9.80 Å². The van der Waals surface area contributed by atoms with Crippen molar-refractivity contribution in [3.05, 3.63) is 0 Å². The van der Waals surface area contributed by atoms with E-state index in [4.69, 9.17) is 18.6 Å². The molecule has 0 spiro atoms. The number of piperazine rings is 2. The lowest BCUT2D eigenvalue weighted by atomic mass is 10.3. The summed E-state index contributed by atoms with van der Waals surface area (Å²) in [5.41, 5.74) is 0. The van der Waals surface area contributed by atoms with Crippen LogP contribution in [-0.4, -0.2) is 163 Å². The van der Waals surface area contributed by atoms with Crippen molar-refractivity contribution < 1.29 is 35.4 Å². The number of β-amino-alcohol motifs (C(OH)–C–C–N with tert-alkyl or cyclic N) is 2. The van der Waals surface area contributed by atoms with Gasteiger partial charge in [-0.15, -0.1) is 0 Å². The molecule has 2 aliphatic rings. The van der Waals surface area contributed by atoms with Crippen LogP contribution in [0.5, 0.6) is 0 Å². The van der Waals surface area contributed by atoms with Gasteiger partial charge >= 0.3 is 0 Å². The van der Waals surface area contributed by atoms with Crippen LogP contribution in [0.15, 0.2) is 0 Å². The van der Waals surface area contributed by atoms with Gasteiger partial charge in [-0.1, -0.05) is 0 Å². The minimum atomic E-state index is -3.76. The zero-order valence-corrected chi connectivity index (χ0v) is 20.3. The van der Waals surface area contributed by atoms with Crippen LogP contribution >= 0.6 is 0 Å². The average molecular weight is 503 g/mol. The van der Waals surface area contributed by atoms with E-state index in [2.05, 4.69) is 9.80 Å². The summed E-state index contributed by atoms with van der Waals surface area (Å²) in [5.74, 6) is -0.329. The summed E-state index contributed by atoms with van der Waals surface area (Å²) >= 11 is 0. The Hall–Kier alpha value is -0.420. The Kier molecular flexibility index (Phi) is 12.2. The van der Waals surface area contributed by atoms with Crippen LogP contribution in [0.3, 0.4) is 0 Å². The monoisotopic (exact) mass is 502 g/mol. The fourth-order valence-electron chi connectivity index (χ4n) is 3.68. The smallest absolute Gasteiger partial charge is 0.268 e. The van der Waals surface area contributed by atoms with Gasteiger partial charge in [-0.3, -0.25) is 28.0 Å². The van der Waals surface area contributed by atoms with Crippen LogP contribution in [0, 0.1) is 0 Å². The Balaban J connectivity index is 1.56. The van der Waals surface area contributed by atoms with Crippen LogP contribution in [0.4, 0.5) is 0 Å². The van der Waals surface area contributed by atoms with Crippen molar-refractivity contribution in [2.75, 3.05) is 116 Å². The molecule has 0 unspecified atom stereocenters. The lowest BCUT2D eigenvalue weighted by molar-refractivity contribution is 0.115. The third kappa shape index (κ3) is 11.1. The molecule has 0 aromatic carbocycles. The van der Waals surface area contributed by atoms with Gasteiger partial charge in [-0.05, 0) is 0 Å². The Morgan fingerprint density at radius 3 is 1.09 bits per heavy atom. The molecule has 0 atom stereocenters. The highest BCUT2D eigenvalue weighted by molar-refractivity contribution is 7.87. The van der Waals surface area contributed by atoms with Crippen LogP contribution in [0.1, 0.15) is 0 Å². The van der Waals surface area contributed by atoms with Crippen molar-refractivity contribution in [3.8, 4) is 0 Å². The number of hydrogen-bond donors (Lipinski definition) is 2. The number of aliphatic hydroxyl groups is 2. The highest BCUT2D eigenvalue weighted by Crippen LogP contribution is 2.05. The standard InChI is InChI=1S/C18H38N4O8S2/c23-13-9-19-1-5-21(6-2-19)11-17-31(25,26)29-15-16-30-32(27,28)18-12-22-7-3-20(4-8-22)10-14-24/h23-24H,1-18H2. The maximum Gasteiger partial charge on any atom is 0.268 e. The summed E-state index contributed by atoms with van der Waals surface area (Å²) in [6.07, 6.45) is 0. The van der Waals surface area contributed by atoms with E-state index in [-0.39, 0.29) is 37.9 Å². The van der Waals surface area contributed by atoms with E-state index in [1.54, 1.807) is 0 Å². The lowest BCUT2D eigenvalue weighted by Gasteiger charge is -2.34. The maximum absolute atomic E-state index is 12.0. The zero-order chi connectivity index (χ0) is 23.5. The first-order valence-electron chi connectivity index (χ1n) is 11.1. The van der Waals surface area contributed by atoms with Gasteiger partial charge in [0, 0.05) is 78.5 Å². The van der Waals surface area contributed by atoms with Crippen LogP contribution in [0.25, 0.3) is 0 Å². The third-order valence-corrected chi connectivity index (χ3v) is 8.10. The van der Waals surface area contributed by atoms with E-state index >= 15 is 0 Å². The normalized spacial score (nSPS) is 20.7. The first-order chi connectivity index (χ1) is 15.2. The van der Waals surface area contributed by atoms with Gasteiger partial charge < -0.3 is 10.2 Å². The fraction of sp³-hybridized carbons (Fsp3) is 1.00. The van der Waals surface area contributed by atoms with Gasteiger partial charge in [-0.2, -0.15) is 16.8 Å². The second kappa shape index (κ2) is 14.1. The Labute approximate surface area is 191 Å². The van der Waals surface area contributed by atoms with E-state index < -0.39 is 20.2 Å². The van der Waals surface area contributed by atoms with Gasteiger partial charge in [0.1, 0.15) is 0 Å². The molecule has 0 saturated carbocycles. The topological polar surface area (TPSA) is 140 Å². The maximum atomic E-state index is 12.0. The Morgan fingerprint density at radius 2 is 0.812 bits per heavy atom. The Morgan fingerprint density at radius 1 is 0.531 bits per heavy atom. The lowest BCUT2D eigenvalue weighted by Crippen LogP contribution is -2.48. The molecule has 0 aliphatic carbocycles. The van der Waals surface area contributed by atoms with Crippen molar-refractivity contribution in [3.63, 3.8) is 0 Å². The molecule has 2 saturated heterocycles. The number of rotatable bonds is 15. The predicted octanol–water partition coefficient (Wildman–Crippen LogP) is -3.10. The summed E-state index contributed by atoms with van der Waals surface area (Å²) in [6, 6.07) is 0. The second-order valence-electron chi connectivity index (χ2n) is 7.98. The van der Waals surface area contributed by atoms with Gasteiger partial charge in [0.25, 0.3) is 20.2 Å². The van der Waals surface area contributed by atoms with E-state index in [0.717, 1.165) is 52.4 Å². The molecule has 2 heterocycles. The summed E-state index contributed by atoms with van der Waals surface area (Å²) in [6.45, 7) is 7.54. The Bertz CT molecular complexity index is 659. The third-order valence-electron chi connectivity index (χ3n) is 5.69. The molecule has 14 heteroatoms. The molecule has 12 nitrogen and oxygen atoms in total. The minimum Gasteiger partial charge on any atom is -0.395 e. The molecule has 2 N–H and O–H groups in total. The summed E-state index contributed by atoms with van der Waals surface area (Å²) in [7, 11) is -7.53. The van der Waals surface area contributed by atoms with Crippen molar-refractivity contribution in [1.82, 2.24) is 19.6 Å². The van der Waals surface area contributed by atoms with Gasteiger partial charge in [0.2, 0.25) is 0 Å². The van der Waals surface area contributed by atoms with E-state index in [1.165, 1.54) is 0 Å².